The van der Waals surface area contributed by atoms with Gasteiger partial charge in [0.15, 0.2) is 11.5 Å². The molecular weight excluding hydrogens is 508 g/mol. The number of hydrogen-bond acceptors (Lipinski definition) is 4. The van der Waals surface area contributed by atoms with Crippen LogP contribution in [0.1, 0.15) is 23.1 Å². The zero-order chi connectivity index (χ0) is 25.2. The molecule has 0 heterocycles. The van der Waals surface area contributed by atoms with Crippen LogP contribution in [0.2, 0.25) is 0 Å². The molecule has 3 aromatic carbocycles. The molecular formula is C28H31BrN2O4. The Labute approximate surface area is 215 Å². The van der Waals surface area contributed by atoms with E-state index in [1.807, 2.05) is 72.8 Å². The summed E-state index contributed by atoms with van der Waals surface area (Å²) in [6.45, 7) is 0.328. The highest BCUT2D eigenvalue weighted by Crippen LogP contribution is 2.28. The van der Waals surface area contributed by atoms with Crippen LogP contribution in [0.5, 0.6) is 11.5 Å². The van der Waals surface area contributed by atoms with Gasteiger partial charge in [-0.3, -0.25) is 9.59 Å². The van der Waals surface area contributed by atoms with E-state index in [1.165, 1.54) is 0 Å². The van der Waals surface area contributed by atoms with E-state index < -0.39 is 6.04 Å². The van der Waals surface area contributed by atoms with Gasteiger partial charge in [-0.25, -0.2) is 0 Å². The molecule has 184 valence electrons. The molecule has 1 N–H and O–H groups in total. The molecule has 0 bridgehead atoms. The van der Waals surface area contributed by atoms with Crippen molar-refractivity contribution in [3.63, 3.8) is 0 Å². The van der Waals surface area contributed by atoms with Gasteiger partial charge in [0.2, 0.25) is 11.8 Å². The van der Waals surface area contributed by atoms with E-state index in [1.54, 1.807) is 26.2 Å². The molecule has 1 atom stereocenters. The molecule has 6 nitrogen and oxygen atoms in total. The fourth-order valence-corrected chi connectivity index (χ4v) is 4.43. The topological polar surface area (TPSA) is 67.9 Å². The smallest absolute Gasteiger partial charge is 0.242 e. The lowest BCUT2D eigenvalue weighted by atomic mass is 10.0. The van der Waals surface area contributed by atoms with Crippen molar-refractivity contribution < 1.29 is 19.1 Å². The minimum Gasteiger partial charge on any atom is -0.493 e. The first-order valence-corrected chi connectivity index (χ1v) is 12.2. The molecule has 35 heavy (non-hydrogen) atoms. The van der Waals surface area contributed by atoms with Crippen LogP contribution in [0.4, 0.5) is 0 Å². The third kappa shape index (κ3) is 7.33. The average molecular weight is 539 g/mol. The van der Waals surface area contributed by atoms with E-state index in [0.717, 1.165) is 21.2 Å². The summed E-state index contributed by atoms with van der Waals surface area (Å²) in [7, 11) is 4.78. The second kappa shape index (κ2) is 13.0. The Morgan fingerprint density at radius 2 is 1.60 bits per heavy atom. The Bertz CT molecular complexity index is 1140. The number of carbonyl (C=O) groups excluding carboxylic acids is 2. The molecule has 0 aliphatic rings. The molecule has 0 aliphatic carbocycles. The van der Waals surface area contributed by atoms with Crippen molar-refractivity contribution in [1.82, 2.24) is 10.2 Å². The largest absolute Gasteiger partial charge is 0.493 e. The van der Waals surface area contributed by atoms with E-state index in [-0.39, 0.29) is 18.2 Å². The third-order valence-corrected chi connectivity index (χ3v) is 6.33. The number of aryl methyl sites for hydroxylation is 1. The van der Waals surface area contributed by atoms with E-state index in [2.05, 4.69) is 21.2 Å². The van der Waals surface area contributed by atoms with Gasteiger partial charge < -0.3 is 19.7 Å². The highest BCUT2D eigenvalue weighted by molar-refractivity contribution is 9.10. The predicted molar refractivity (Wildman–Crippen MR) is 141 cm³/mol. The van der Waals surface area contributed by atoms with Crippen LogP contribution in [0.15, 0.2) is 77.3 Å². The normalized spacial score (nSPS) is 11.4. The second-order valence-corrected chi connectivity index (χ2v) is 9.08. The Kier molecular flexibility index (Phi) is 9.73. The Hall–Kier alpha value is -3.32. The quantitative estimate of drug-likeness (QED) is 0.381. The summed E-state index contributed by atoms with van der Waals surface area (Å²) in [5.41, 5.74) is 2.90. The number of amides is 2. The predicted octanol–water partition coefficient (Wildman–Crippen LogP) is 4.79. The van der Waals surface area contributed by atoms with Crippen molar-refractivity contribution in [1.29, 1.82) is 0 Å². The zero-order valence-electron chi connectivity index (χ0n) is 20.3. The molecule has 2 amide bonds. The summed E-state index contributed by atoms with van der Waals surface area (Å²) in [5, 5.41) is 2.75. The first-order chi connectivity index (χ1) is 16.9. The highest BCUT2D eigenvalue weighted by atomic mass is 79.9. The summed E-state index contributed by atoms with van der Waals surface area (Å²) in [5.74, 6) is 0.977. The zero-order valence-corrected chi connectivity index (χ0v) is 21.9. The molecule has 3 rings (SSSR count). The lowest BCUT2D eigenvalue weighted by molar-refractivity contribution is -0.141. The maximum Gasteiger partial charge on any atom is 0.242 e. The monoisotopic (exact) mass is 538 g/mol. The lowest BCUT2D eigenvalue weighted by Gasteiger charge is -2.31. The maximum atomic E-state index is 13.6. The van der Waals surface area contributed by atoms with Gasteiger partial charge in [-0.2, -0.15) is 0 Å². The number of benzene rings is 3. The Morgan fingerprint density at radius 3 is 2.26 bits per heavy atom. The number of methoxy groups -OCH3 is 2. The van der Waals surface area contributed by atoms with Crippen LogP contribution in [0.3, 0.4) is 0 Å². The summed E-state index contributed by atoms with van der Waals surface area (Å²) in [6, 6.07) is 22.6. The van der Waals surface area contributed by atoms with Gasteiger partial charge in [-0.1, -0.05) is 64.5 Å². The molecule has 0 aromatic heterocycles. The minimum absolute atomic E-state index is 0.0932. The number of likely N-dealkylation sites (N-methyl/N-ethyl adjacent to an activating group) is 1. The van der Waals surface area contributed by atoms with E-state index in [0.29, 0.717) is 30.9 Å². The number of hydrogen-bond donors (Lipinski definition) is 1. The number of halogens is 1. The molecule has 7 heteroatoms. The van der Waals surface area contributed by atoms with Gasteiger partial charge in [-0.05, 0) is 47.4 Å². The van der Waals surface area contributed by atoms with E-state index in [4.69, 9.17) is 9.47 Å². The van der Waals surface area contributed by atoms with E-state index >= 15 is 0 Å². The average Bonchev–Trinajstić information content (AvgIpc) is 2.89. The standard InChI is InChI=1S/C28H31BrN2O4/c1-30-28(33)24(17-20-8-5-4-6-9-20)31(19-22-10-7-11-23(29)16-22)27(32)15-13-21-12-14-25(34-2)26(18-21)35-3/h4-12,14,16,18,24H,13,15,17,19H2,1-3H3,(H,30,33)/t24-/m0/s1. The van der Waals surface area contributed by atoms with Crippen LogP contribution in [0, 0.1) is 0 Å². The Morgan fingerprint density at radius 1 is 0.886 bits per heavy atom. The second-order valence-electron chi connectivity index (χ2n) is 8.16. The molecule has 0 aliphatic heterocycles. The first-order valence-electron chi connectivity index (χ1n) is 11.5. The molecule has 3 aromatic rings. The van der Waals surface area contributed by atoms with Gasteiger partial charge in [0.05, 0.1) is 14.2 Å². The maximum absolute atomic E-state index is 13.6. The van der Waals surface area contributed by atoms with Crippen LogP contribution in [0.25, 0.3) is 0 Å². The van der Waals surface area contributed by atoms with Crippen molar-refractivity contribution in [2.24, 2.45) is 0 Å². The van der Waals surface area contributed by atoms with Crippen molar-refractivity contribution in [2.75, 3.05) is 21.3 Å². The van der Waals surface area contributed by atoms with Gasteiger partial charge >= 0.3 is 0 Å². The molecule has 0 spiro atoms. The van der Waals surface area contributed by atoms with E-state index in [9.17, 15) is 9.59 Å². The van der Waals surface area contributed by atoms with Gasteiger partial charge in [-0.15, -0.1) is 0 Å². The number of carbonyl (C=O) groups is 2. The van der Waals surface area contributed by atoms with Crippen LogP contribution >= 0.6 is 15.9 Å². The van der Waals surface area contributed by atoms with Gasteiger partial charge in [0.25, 0.3) is 0 Å². The van der Waals surface area contributed by atoms with Gasteiger partial charge in [0.1, 0.15) is 6.04 Å². The number of rotatable bonds is 11. The minimum atomic E-state index is -0.640. The first kappa shape index (κ1) is 26.3. The number of nitrogens with zero attached hydrogens (tertiary/aromatic N) is 1. The Balaban J connectivity index is 1.87. The number of ether oxygens (including phenoxy) is 2. The van der Waals surface area contributed by atoms with Crippen LogP contribution in [-0.4, -0.2) is 44.0 Å². The highest BCUT2D eigenvalue weighted by Gasteiger charge is 2.29. The van der Waals surface area contributed by atoms with Crippen molar-refractivity contribution >= 4 is 27.7 Å². The summed E-state index contributed by atoms with van der Waals surface area (Å²) < 4.78 is 11.6. The van der Waals surface area contributed by atoms with Gasteiger partial charge in [0, 0.05) is 30.9 Å². The lowest BCUT2D eigenvalue weighted by Crippen LogP contribution is -2.49. The SMILES string of the molecule is CNC(=O)[C@H](Cc1ccccc1)N(Cc1cccc(Br)c1)C(=O)CCc1ccc(OC)c(OC)c1. The number of nitrogens with one attached hydrogen (secondary N) is 1. The van der Waals surface area contributed by atoms with Crippen molar-refractivity contribution in [2.45, 2.75) is 31.8 Å². The fourth-order valence-electron chi connectivity index (χ4n) is 3.98. The third-order valence-electron chi connectivity index (χ3n) is 5.83. The molecule has 0 unspecified atom stereocenters. The summed E-state index contributed by atoms with van der Waals surface area (Å²) in [6.07, 6.45) is 1.20. The molecule has 0 fully saturated rings. The van der Waals surface area contributed by atoms with Crippen molar-refractivity contribution in [3.05, 3.63) is 94.0 Å². The fraction of sp³-hybridized carbons (Fsp3) is 0.286. The summed E-state index contributed by atoms with van der Waals surface area (Å²) in [4.78, 5) is 28.3. The molecule has 0 saturated carbocycles. The van der Waals surface area contributed by atoms with Crippen LogP contribution in [-0.2, 0) is 29.0 Å². The molecule has 0 saturated heterocycles. The molecule has 0 radical (unpaired) electrons. The summed E-state index contributed by atoms with van der Waals surface area (Å²) >= 11 is 3.50. The van der Waals surface area contributed by atoms with Crippen molar-refractivity contribution in [3.8, 4) is 11.5 Å². The van der Waals surface area contributed by atoms with Crippen LogP contribution < -0.4 is 14.8 Å².